The van der Waals surface area contributed by atoms with Gasteiger partial charge in [0.2, 0.25) is 0 Å². The smallest absolute Gasteiger partial charge is 0.104 e. The van der Waals surface area contributed by atoms with Crippen LogP contribution in [0.2, 0.25) is 0 Å². The van der Waals surface area contributed by atoms with Crippen molar-refractivity contribution in [3.63, 3.8) is 0 Å². The molecule has 0 saturated heterocycles. The molecule has 1 unspecified atom stereocenters. The number of benzene rings is 2. The first-order chi connectivity index (χ1) is 7.27. The normalized spacial score (nSPS) is 12.3. The van der Waals surface area contributed by atoms with Crippen molar-refractivity contribution < 1.29 is 5.11 Å². The van der Waals surface area contributed by atoms with E-state index in [1.165, 1.54) is 0 Å². The second-order valence-electron chi connectivity index (χ2n) is 3.48. The number of anilines is 1. The van der Waals surface area contributed by atoms with Crippen molar-refractivity contribution in [2.45, 2.75) is 6.10 Å². The number of hydrogen-bond acceptors (Lipinski definition) is 2. The van der Waals surface area contributed by atoms with Gasteiger partial charge in [0.05, 0.1) is 0 Å². The van der Waals surface area contributed by atoms with E-state index in [2.05, 4.69) is 0 Å². The topological polar surface area (TPSA) is 46.2 Å². The zero-order chi connectivity index (χ0) is 10.7. The molecule has 0 radical (unpaired) electrons. The maximum absolute atomic E-state index is 10.0. The predicted octanol–water partition coefficient (Wildman–Crippen LogP) is 2.35. The molecule has 2 rings (SSSR count). The first-order valence-corrected chi connectivity index (χ1v) is 4.86. The highest BCUT2D eigenvalue weighted by atomic mass is 16.3. The monoisotopic (exact) mass is 199 g/mol. The van der Waals surface area contributed by atoms with Gasteiger partial charge in [-0.05, 0) is 23.3 Å². The van der Waals surface area contributed by atoms with Crippen molar-refractivity contribution in [2.75, 3.05) is 5.73 Å². The lowest BCUT2D eigenvalue weighted by atomic mass is 10.0. The van der Waals surface area contributed by atoms with E-state index in [4.69, 9.17) is 5.73 Å². The summed E-state index contributed by atoms with van der Waals surface area (Å²) in [7, 11) is 0. The highest BCUT2D eigenvalue weighted by Gasteiger charge is 2.08. The average Bonchev–Trinajstić information content (AvgIpc) is 2.30. The van der Waals surface area contributed by atoms with Gasteiger partial charge in [0.1, 0.15) is 6.10 Å². The van der Waals surface area contributed by atoms with Crippen molar-refractivity contribution in [1.29, 1.82) is 0 Å². The zero-order valence-electron chi connectivity index (χ0n) is 8.30. The van der Waals surface area contributed by atoms with Crippen LogP contribution in [-0.2, 0) is 0 Å². The van der Waals surface area contributed by atoms with Gasteiger partial charge in [0, 0.05) is 5.69 Å². The van der Waals surface area contributed by atoms with Crippen LogP contribution in [0.1, 0.15) is 17.2 Å². The van der Waals surface area contributed by atoms with E-state index in [1.807, 2.05) is 42.5 Å². The fourth-order valence-corrected chi connectivity index (χ4v) is 1.51. The number of aliphatic hydroxyl groups is 1. The van der Waals surface area contributed by atoms with Crippen molar-refractivity contribution >= 4 is 5.69 Å². The lowest BCUT2D eigenvalue weighted by Crippen LogP contribution is -1.99. The number of nitrogens with two attached hydrogens (primary N) is 1. The third kappa shape index (κ3) is 2.17. The Morgan fingerprint density at radius 2 is 1.33 bits per heavy atom. The lowest BCUT2D eigenvalue weighted by Gasteiger charge is -2.11. The molecule has 0 aliphatic rings. The van der Waals surface area contributed by atoms with Gasteiger partial charge in [-0.3, -0.25) is 0 Å². The summed E-state index contributed by atoms with van der Waals surface area (Å²) >= 11 is 0. The average molecular weight is 199 g/mol. The fourth-order valence-electron chi connectivity index (χ4n) is 1.51. The van der Waals surface area contributed by atoms with E-state index < -0.39 is 6.10 Å². The molecule has 2 aromatic rings. The second-order valence-corrected chi connectivity index (χ2v) is 3.48. The van der Waals surface area contributed by atoms with Crippen LogP contribution in [0.4, 0.5) is 5.69 Å². The lowest BCUT2D eigenvalue weighted by molar-refractivity contribution is 0.220. The molecule has 2 aromatic carbocycles. The highest BCUT2D eigenvalue weighted by Crippen LogP contribution is 2.21. The van der Waals surface area contributed by atoms with E-state index in [1.54, 1.807) is 12.1 Å². The molecule has 15 heavy (non-hydrogen) atoms. The molecule has 0 fully saturated rings. The van der Waals surface area contributed by atoms with Gasteiger partial charge in [0.15, 0.2) is 0 Å². The maximum Gasteiger partial charge on any atom is 0.104 e. The minimum atomic E-state index is -0.577. The molecule has 0 saturated carbocycles. The van der Waals surface area contributed by atoms with Gasteiger partial charge in [-0.25, -0.2) is 0 Å². The third-order valence-electron chi connectivity index (χ3n) is 2.37. The van der Waals surface area contributed by atoms with E-state index in [0.29, 0.717) is 5.69 Å². The molecule has 0 aromatic heterocycles. The Bertz CT molecular complexity index is 422. The Morgan fingerprint density at radius 1 is 0.800 bits per heavy atom. The Balaban J connectivity index is 2.29. The van der Waals surface area contributed by atoms with E-state index >= 15 is 0 Å². The van der Waals surface area contributed by atoms with Crippen LogP contribution in [0, 0.1) is 0 Å². The summed E-state index contributed by atoms with van der Waals surface area (Å²) in [6.07, 6.45) is -0.577. The fraction of sp³-hybridized carbons (Fsp3) is 0.0769. The number of hydrogen-bond donors (Lipinski definition) is 2. The molecule has 0 aliphatic carbocycles. The van der Waals surface area contributed by atoms with Gasteiger partial charge >= 0.3 is 0 Å². The largest absolute Gasteiger partial charge is 0.399 e. The molecule has 2 nitrogen and oxygen atoms in total. The summed E-state index contributed by atoms with van der Waals surface area (Å²) < 4.78 is 0. The Hall–Kier alpha value is -1.80. The van der Waals surface area contributed by atoms with Crippen molar-refractivity contribution in [3.05, 3.63) is 65.7 Å². The van der Waals surface area contributed by atoms with Gasteiger partial charge in [-0.15, -0.1) is 0 Å². The Morgan fingerprint density at radius 3 is 1.93 bits per heavy atom. The van der Waals surface area contributed by atoms with Crippen LogP contribution in [0.25, 0.3) is 0 Å². The summed E-state index contributed by atoms with van der Waals surface area (Å²) in [4.78, 5) is 0. The van der Waals surface area contributed by atoms with Crippen LogP contribution >= 0.6 is 0 Å². The summed E-state index contributed by atoms with van der Waals surface area (Å²) in [5.74, 6) is 0. The Labute approximate surface area is 89.0 Å². The van der Waals surface area contributed by atoms with Crippen LogP contribution < -0.4 is 5.73 Å². The zero-order valence-corrected chi connectivity index (χ0v) is 8.30. The summed E-state index contributed by atoms with van der Waals surface area (Å²) in [5, 5.41) is 10.0. The number of rotatable bonds is 2. The van der Waals surface area contributed by atoms with Crippen molar-refractivity contribution in [1.82, 2.24) is 0 Å². The van der Waals surface area contributed by atoms with Crippen LogP contribution in [-0.4, -0.2) is 5.11 Å². The number of aliphatic hydroxyl groups excluding tert-OH is 1. The molecule has 2 heteroatoms. The summed E-state index contributed by atoms with van der Waals surface area (Å²) in [6, 6.07) is 16.8. The van der Waals surface area contributed by atoms with Gasteiger partial charge in [-0.2, -0.15) is 0 Å². The minimum Gasteiger partial charge on any atom is -0.399 e. The third-order valence-corrected chi connectivity index (χ3v) is 2.37. The molecule has 0 spiro atoms. The molecule has 0 heterocycles. The SMILES string of the molecule is Nc1ccc(C(O)c2ccccc2)cc1. The summed E-state index contributed by atoms with van der Waals surface area (Å²) in [5.41, 5.74) is 8.04. The first kappa shape index (κ1) is 9.74. The van der Waals surface area contributed by atoms with Crippen molar-refractivity contribution in [3.8, 4) is 0 Å². The maximum atomic E-state index is 10.0. The van der Waals surface area contributed by atoms with Gasteiger partial charge in [-0.1, -0.05) is 42.5 Å². The van der Waals surface area contributed by atoms with Crippen LogP contribution in [0.15, 0.2) is 54.6 Å². The van der Waals surface area contributed by atoms with E-state index in [9.17, 15) is 5.11 Å². The molecular weight excluding hydrogens is 186 g/mol. The summed E-state index contributed by atoms with van der Waals surface area (Å²) in [6.45, 7) is 0. The first-order valence-electron chi connectivity index (χ1n) is 4.86. The molecular formula is C13H13NO. The quantitative estimate of drug-likeness (QED) is 0.729. The second kappa shape index (κ2) is 4.15. The highest BCUT2D eigenvalue weighted by molar-refractivity contribution is 5.41. The predicted molar refractivity (Wildman–Crippen MR) is 61.4 cm³/mol. The molecule has 0 amide bonds. The van der Waals surface area contributed by atoms with Crippen LogP contribution in [0.5, 0.6) is 0 Å². The minimum absolute atomic E-state index is 0.577. The Kier molecular flexibility index (Phi) is 2.70. The van der Waals surface area contributed by atoms with Crippen molar-refractivity contribution in [2.24, 2.45) is 0 Å². The van der Waals surface area contributed by atoms with Gasteiger partial charge in [0.25, 0.3) is 0 Å². The standard InChI is InChI=1S/C13H13NO/c14-12-8-6-11(7-9-12)13(15)10-4-2-1-3-5-10/h1-9,13,15H,14H2. The molecule has 3 N–H and O–H groups in total. The molecule has 0 bridgehead atoms. The molecule has 1 atom stereocenters. The van der Waals surface area contributed by atoms with E-state index in [0.717, 1.165) is 11.1 Å². The van der Waals surface area contributed by atoms with Gasteiger partial charge < -0.3 is 10.8 Å². The molecule has 0 aliphatic heterocycles. The number of nitrogen functional groups attached to an aromatic ring is 1. The molecule has 76 valence electrons. The van der Waals surface area contributed by atoms with Crippen LogP contribution in [0.3, 0.4) is 0 Å². The van der Waals surface area contributed by atoms with E-state index in [-0.39, 0.29) is 0 Å².